The van der Waals surface area contributed by atoms with Gasteiger partial charge in [0.05, 0.1) is 16.8 Å². The highest BCUT2D eigenvalue weighted by Crippen LogP contribution is 2.44. The van der Waals surface area contributed by atoms with E-state index in [0.29, 0.717) is 6.07 Å². The van der Waals surface area contributed by atoms with Crippen LogP contribution in [0.2, 0.25) is 0 Å². The van der Waals surface area contributed by atoms with Gasteiger partial charge in [-0.2, -0.15) is 13.2 Å². The van der Waals surface area contributed by atoms with Crippen LogP contribution in [-0.4, -0.2) is 49.1 Å². The SMILES string of the molecule is CC(C)NC(=O)c1cc2c(cc1C(F)(F)F)OC(C)(C)C(=O)N2CCC(=O)NCCF. The van der Waals surface area contributed by atoms with E-state index in [9.17, 15) is 31.9 Å². The topological polar surface area (TPSA) is 87.7 Å². The average molecular weight is 447 g/mol. The molecule has 3 amide bonds. The van der Waals surface area contributed by atoms with E-state index >= 15 is 0 Å². The average Bonchev–Trinajstić information content (AvgIpc) is 2.64. The first kappa shape index (κ1) is 24.4. The van der Waals surface area contributed by atoms with Crippen molar-refractivity contribution < 1.29 is 36.7 Å². The second-order valence-corrected chi connectivity index (χ2v) is 7.85. The van der Waals surface area contributed by atoms with Crippen molar-refractivity contribution in [1.82, 2.24) is 10.6 Å². The van der Waals surface area contributed by atoms with Gasteiger partial charge >= 0.3 is 6.18 Å². The molecule has 0 spiro atoms. The lowest BCUT2D eigenvalue weighted by Crippen LogP contribution is -2.53. The number of benzene rings is 1. The molecule has 172 valence electrons. The molecule has 1 aromatic carbocycles. The van der Waals surface area contributed by atoms with Crippen LogP contribution in [0.25, 0.3) is 0 Å². The predicted molar refractivity (Wildman–Crippen MR) is 105 cm³/mol. The number of fused-ring (bicyclic) bond motifs is 1. The summed E-state index contributed by atoms with van der Waals surface area (Å²) in [4.78, 5) is 38.3. The van der Waals surface area contributed by atoms with Crippen LogP contribution in [0.15, 0.2) is 12.1 Å². The number of hydrogen-bond acceptors (Lipinski definition) is 4. The number of rotatable bonds is 7. The third-order valence-corrected chi connectivity index (χ3v) is 4.46. The minimum absolute atomic E-state index is 0.0514. The fraction of sp³-hybridized carbons (Fsp3) is 0.550. The number of hydrogen-bond donors (Lipinski definition) is 2. The van der Waals surface area contributed by atoms with E-state index in [4.69, 9.17) is 4.74 Å². The maximum absolute atomic E-state index is 13.7. The molecule has 0 atom stereocenters. The number of nitrogens with zero attached hydrogens (tertiary/aromatic N) is 1. The maximum atomic E-state index is 13.7. The summed E-state index contributed by atoms with van der Waals surface area (Å²) < 4.78 is 58.7. The summed E-state index contributed by atoms with van der Waals surface area (Å²) in [5.74, 6) is -2.31. The summed E-state index contributed by atoms with van der Waals surface area (Å²) in [5.41, 5.74) is -3.41. The van der Waals surface area contributed by atoms with E-state index in [1.54, 1.807) is 13.8 Å². The summed E-state index contributed by atoms with van der Waals surface area (Å²) >= 11 is 0. The molecule has 1 aromatic rings. The quantitative estimate of drug-likeness (QED) is 0.630. The van der Waals surface area contributed by atoms with Gasteiger partial charge in [-0.3, -0.25) is 14.4 Å². The Morgan fingerprint density at radius 1 is 1.23 bits per heavy atom. The molecule has 0 unspecified atom stereocenters. The van der Waals surface area contributed by atoms with Crippen LogP contribution in [0.3, 0.4) is 0 Å². The highest BCUT2D eigenvalue weighted by molar-refractivity contribution is 6.05. The molecular formula is C20H25F4N3O4. The van der Waals surface area contributed by atoms with Crippen molar-refractivity contribution in [3.05, 3.63) is 23.3 Å². The van der Waals surface area contributed by atoms with Crippen molar-refractivity contribution in [2.75, 3.05) is 24.7 Å². The lowest BCUT2D eigenvalue weighted by molar-refractivity contribution is -0.138. The molecule has 0 aliphatic carbocycles. The number of amides is 3. The molecule has 0 saturated carbocycles. The molecule has 1 heterocycles. The molecule has 7 nitrogen and oxygen atoms in total. The number of ether oxygens (including phenoxy) is 1. The summed E-state index contributed by atoms with van der Waals surface area (Å²) in [5, 5.41) is 4.73. The zero-order valence-corrected chi connectivity index (χ0v) is 17.7. The van der Waals surface area contributed by atoms with Crippen molar-refractivity contribution in [2.45, 2.75) is 51.9 Å². The zero-order valence-electron chi connectivity index (χ0n) is 17.7. The van der Waals surface area contributed by atoms with Gasteiger partial charge in [0.2, 0.25) is 5.91 Å². The first-order valence-electron chi connectivity index (χ1n) is 9.67. The Kier molecular flexibility index (Phi) is 7.17. The smallest absolute Gasteiger partial charge is 0.417 e. The van der Waals surface area contributed by atoms with Crippen LogP contribution >= 0.6 is 0 Å². The maximum Gasteiger partial charge on any atom is 0.417 e. The minimum Gasteiger partial charge on any atom is -0.476 e. The molecule has 2 N–H and O–H groups in total. The normalized spacial score (nSPS) is 15.4. The van der Waals surface area contributed by atoms with Gasteiger partial charge in [0.25, 0.3) is 11.8 Å². The van der Waals surface area contributed by atoms with E-state index in [-0.39, 0.29) is 30.9 Å². The van der Waals surface area contributed by atoms with Crippen molar-refractivity contribution in [2.24, 2.45) is 0 Å². The molecule has 0 aromatic heterocycles. The number of nitrogens with one attached hydrogen (secondary N) is 2. The van der Waals surface area contributed by atoms with Gasteiger partial charge < -0.3 is 20.3 Å². The Bertz CT molecular complexity index is 869. The van der Waals surface area contributed by atoms with E-state index in [1.807, 2.05) is 0 Å². The van der Waals surface area contributed by atoms with Crippen LogP contribution in [-0.2, 0) is 15.8 Å². The van der Waals surface area contributed by atoms with Crippen LogP contribution in [0.1, 0.15) is 50.0 Å². The minimum atomic E-state index is -4.84. The van der Waals surface area contributed by atoms with Crippen LogP contribution in [0.4, 0.5) is 23.2 Å². The largest absolute Gasteiger partial charge is 0.476 e. The molecule has 0 fully saturated rings. The first-order valence-corrected chi connectivity index (χ1v) is 9.67. The highest BCUT2D eigenvalue weighted by atomic mass is 19.4. The third-order valence-electron chi connectivity index (χ3n) is 4.46. The summed E-state index contributed by atoms with van der Waals surface area (Å²) in [6, 6.07) is 1.22. The van der Waals surface area contributed by atoms with Gasteiger partial charge in [0, 0.05) is 25.6 Å². The molecule has 31 heavy (non-hydrogen) atoms. The Labute approximate surface area is 177 Å². The second-order valence-electron chi connectivity index (χ2n) is 7.85. The Balaban J connectivity index is 2.53. The van der Waals surface area contributed by atoms with Crippen molar-refractivity contribution in [1.29, 1.82) is 0 Å². The lowest BCUT2D eigenvalue weighted by atomic mass is 9.98. The van der Waals surface area contributed by atoms with Gasteiger partial charge in [0.1, 0.15) is 12.4 Å². The summed E-state index contributed by atoms with van der Waals surface area (Å²) in [7, 11) is 0. The van der Waals surface area contributed by atoms with Gasteiger partial charge in [-0.25, -0.2) is 4.39 Å². The molecule has 0 saturated heterocycles. The molecule has 1 aliphatic rings. The number of carbonyl (C=O) groups is 3. The lowest BCUT2D eigenvalue weighted by Gasteiger charge is -2.39. The van der Waals surface area contributed by atoms with Crippen molar-refractivity contribution in [3.8, 4) is 5.75 Å². The second kappa shape index (κ2) is 9.11. The zero-order chi connectivity index (χ0) is 23.6. The van der Waals surface area contributed by atoms with E-state index in [1.165, 1.54) is 13.8 Å². The van der Waals surface area contributed by atoms with E-state index < -0.39 is 53.3 Å². The number of halogens is 4. The Morgan fingerprint density at radius 2 is 1.87 bits per heavy atom. The summed E-state index contributed by atoms with van der Waals surface area (Å²) in [6.45, 7) is 4.84. The van der Waals surface area contributed by atoms with Gasteiger partial charge in [-0.15, -0.1) is 0 Å². The fourth-order valence-electron chi connectivity index (χ4n) is 3.09. The van der Waals surface area contributed by atoms with E-state index in [0.717, 1.165) is 11.0 Å². The molecule has 11 heteroatoms. The van der Waals surface area contributed by atoms with Gasteiger partial charge in [0.15, 0.2) is 5.60 Å². The van der Waals surface area contributed by atoms with Crippen LogP contribution in [0.5, 0.6) is 5.75 Å². The Morgan fingerprint density at radius 3 is 2.42 bits per heavy atom. The first-order chi connectivity index (χ1) is 14.3. The van der Waals surface area contributed by atoms with Crippen molar-refractivity contribution >= 4 is 23.4 Å². The molecule has 0 radical (unpaired) electrons. The number of alkyl halides is 4. The van der Waals surface area contributed by atoms with Crippen molar-refractivity contribution in [3.63, 3.8) is 0 Å². The molecule has 1 aliphatic heterocycles. The third kappa shape index (κ3) is 5.65. The number of carbonyl (C=O) groups excluding carboxylic acids is 3. The number of anilines is 1. The highest BCUT2D eigenvalue weighted by Gasteiger charge is 2.44. The molecular weight excluding hydrogens is 422 g/mol. The monoisotopic (exact) mass is 447 g/mol. The fourth-order valence-corrected chi connectivity index (χ4v) is 3.09. The predicted octanol–water partition coefficient (Wildman–Crippen LogP) is 2.82. The summed E-state index contributed by atoms with van der Waals surface area (Å²) in [6.07, 6.45) is -5.06. The standard InChI is InChI=1S/C20H25F4N3O4/c1-11(2)26-17(29)12-9-14-15(10-13(12)20(22,23)24)31-19(3,4)18(30)27(14)8-5-16(28)25-7-6-21/h9-11H,5-8H2,1-4H3,(H,25,28)(H,26,29). The van der Waals surface area contributed by atoms with E-state index in [2.05, 4.69) is 10.6 Å². The van der Waals surface area contributed by atoms with Gasteiger partial charge in [-0.1, -0.05) is 0 Å². The van der Waals surface area contributed by atoms with Crippen LogP contribution in [0, 0.1) is 0 Å². The van der Waals surface area contributed by atoms with Gasteiger partial charge in [-0.05, 0) is 39.8 Å². The Hall–Kier alpha value is -2.85. The molecule has 2 rings (SSSR count). The molecule has 0 bridgehead atoms. The van der Waals surface area contributed by atoms with Crippen LogP contribution < -0.4 is 20.3 Å².